The predicted octanol–water partition coefficient (Wildman–Crippen LogP) is 4.27. The molecule has 3 N–H and O–H groups in total. The van der Waals surface area contributed by atoms with Crippen molar-refractivity contribution in [2.24, 2.45) is 0 Å². The van der Waals surface area contributed by atoms with E-state index >= 15 is 0 Å². The molecular formula is C39H44ClFN10O3. The summed E-state index contributed by atoms with van der Waals surface area (Å²) < 4.78 is 15.1. The molecule has 2 aromatic carbocycles. The number of aromatic nitrogens is 3. The summed E-state index contributed by atoms with van der Waals surface area (Å²) in [4.78, 5) is 51.5. The molecular weight excluding hydrogens is 711 g/mol. The number of hydrogen-bond acceptors (Lipinski definition) is 10. The molecule has 3 atom stereocenters. The molecule has 15 heteroatoms. The van der Waals surface area contributed by atoms with Crippen LogP contribution < -0.4 is 30.7 Å². The maximum absolute atomic E-state index is 13.5. The van der Waals surface area contributed by atoms with Crippen molar-refractivity contribution in [1.29, 1.82) is 0 Å². The third kappa shape index (κ3) is 6.38. The van der Waals surface area contributed by atoms with Crippen molar-refractivity contribution in [3.05, 3.63) is 70.5 Å². The molecule has 4 aromatic rings. The molecule has 3 saturated heterocycles. The summed E-state index contributed by atoms with van der Waals surface area (Å²) in [7, 11) is 1.82. The van der Waals surface area contributed by atoms with Crippen molar-refractivity contribution in [2.75, 3.05) is 72.9 Å². The van der Waals surface area contributed by atoms with Crippen LogP contribution in [0.15, 0.2) is 48.7 Å². The number of hydrogen-bond donors (Lipinski definition) is 3. The summed E-state index contributed by atoms with van der Waals surface area (Å²) in [5.41, 5.74) is 7.14. The first-order chi connectivity index (χ1) is 26.2. The van der Waals surface area contributed by atoms with Crippen LogP contribution in [0.4, 0.5) is 33.0 Å². The Balaban J connectivity index is 0.848. The van der Waals surface area contributed by atoms with Crippen molar-refractivity contribution in [3.8, 4) is 0 Å². The quantitative estimate of drug-likeness (QED) is 0.225. The zero-order chi connectivity index (χ0) is 37.1. The van der Waals surface area contributed by atoms with Gasteiger partial charge in [-0.3, -0.25) is 24.6 Å². The number of nitrogens with zero attached hydrogens (tertiary/aromatic N) is 7. The van der Waals surface area contributed by atoms with Gasteiger partial charge in [0.1, 0.15) is 6.17 Å². The molecule has 13 nitrogen and oxygen atoms in total. The number of anilines is 5. The van der Waals surface area contributed by atoms with Gasteiger partial charge in [0.25, 0.3) is 5.91 Å². The molecule has 3 amide bonds. The van der Waals surface area contributed by atoms with Gasteiger partial charge in [-0.2, -0.15) is 0 Å². The monoisotopic (exact) mass is 754 g/mol. The lowest BCUT2D eigenvalue weighted by Crippen LogP contribution is -2.53. The van der Waals surface area contributed by atoms with E-state index in [0.29, 0.717) is 41.8 Å². The van der Waals surface area contributed by atoms with Gasteiger partial charge in [-0.25, -0.2) is 13.9 Å². The normalized spacial score (nSPS) is 23.5. The summed E-state index contributed by atoms with van der Waals surface area (Å²) >= 11 is 6.55. The molecule has 1 unspecified atom stereocenters. The second-order valence-corrected chi connectivity index (χ2v) is 15.4. The fourth-order valence-corrected chi connectivity index (χ4v) is 8.98. The third-order valence-corrected chi connectivity index (χ3v) is 12.2. The zero-order valence-corrected chi connectivity index (χ0v) is 31.0. The van der Waals surface area contributed by atoms with Gasteiger partial charge in [-0.15, -0.1) is 5.10 Å². The minimum Gasteiger partial charge on any atom is -0.385 e. The number of imidazole rings is 1. The van der Waals surface area contributed by atoms with E-state index in [2.05, 4.69) is 58.7 Å². The number of alkyl halides is 1. The van der Waals surface area contributed by atoms with E-state index in [1.807, 2.05) is 31.3 Å². The van der Waals surface area contributed by atoms with Crippen LogP contribution in [0.5, 0.6) is 0 Å². The van der Waals surface area contributed by atoms with Gasteiger partial charge >= 0.3 is 0 Å². The van der Waals surface area contributed by atoms with Crippen LogP contribution in [-0.2, 0) is 16.0 Å². The minimum atomic E-state index is -0.993. The van der Waals surface area contributed by atoms with E-state index in [-0.39, 0.29) is 23.4 Å². The molecule has 54 heavy (non-hydrogen) atoms. The van der Waals surface area contributed by atoms with Crippen LogP contribution in [0.25, 0.3) is 5.65 Å². The molecule has 282 valence electrons. The number of amides is 3. The van der Waals surface area contributed by atoms with Crippen LogP contribution in [0.3, 0.4) is 0 Å². The van der Waals surface area contributed by atoms with Crippen molar-refractivity contribution in [3.63, 3.8) is 0 Å². The van der Waals surface area contributed by atoms with E-state index < -0.39 is 18.1 Å². The number of rotatable bonds is 8. The van der Waals surface area contributed by atoms with Gasteiger partial charge in [-0.05, 0) is 61.6 Å². The molecule has 4 fully saturated rings. The van der Waals surface area contributed by atoms with Gasteiger partial charge in [0.2, 0.25) is 11.8 Å². The molecule has 2 aromatic heterocycles. The summed E-state index contributed by atoms with van der Waals surface area (Å²) in [6, 6.07) is 14.5. The van der Waals surface area contributed by atoms with E-state index in [4.69, 9.17) is 16.7 Å². The molecule has 0 radical (unpaired) electrons. The fraction of sp³-hybridized carbons (Fsp3) is 0.462. The zero-order valence-electron chi connectivity index (χ0n) is 30.2. The fourth-order valence-electron chi connectivity index (χ4n) is 8.73. The van der Waals surface area contributed by atoms with Crippen LogP contribution >= 0.6 is 11.6 Å². The van der Waals surface area contributed by atoms with E-state index in [9.17, 15) is 18.8 Å². The van der Waals surface area contributed by atoms with Crippen molar-refractivity contribution in [2.45, 2.75) is 62.7 Å². The third-order valence-electron chi connectivity index (χ3n) is 11.9. The highest BCUT2D eigenvalue weighted by Crippen LogP contribution is 2.41. The van der Waals surface area contributed by atoms with Gasteiger partial charge in [0.15, 0.2) is 17.2 Å². The van der Waals surface area contributed by atoms with E-state index in [1.54, 1.807) is 4.52 Å². The lowest BCUT2D eigenvalue weighted by Gasteiger charge is -2.44. The second kappa shape index (κ2) is 14.0. The van der Waals surface area contributed by atoms with E-state index in [1.165, 1.54) is 17.4 Å². The summed E-state index contributed by atoms with van der Waals surface area (Å²) in [5, 5.41) is 13.9. The Labute approximate surface area is 317 Å². The summed E-state index contributed by atoms with van der Waals surface area (Å²) in [6.45, 7) is 6.52. The smallest absolute Gasteiger partial charge is 0.271 e. The Morgan fingerprint density at radius 1 is 0.944 bits per heavy atom. The van der Waals surface area contributed by atoms with Gasteiger partial charge < -0.3 is 25.3 Å². The number of fused-ring (bicyclic) bond motifs is 2. The molecule has 9 rings (SSSR count). The average molecular weight is 755 g/mol. The van der Waals surface area contributed by atoms with E-state index in [0.717, 1.165) is 87.7 Å². The Hall–Kier alpha value is -4.95. The number of halogens is 2. The predicted molar refractivity (Wildman–Crippen MR) is 206 cm³/mol. The van der Waals surface area contributed by atoms with Crippen LogP contribution in [0.2, 0.25) is 5.02 Å². The topological polar surface area (TPSA) is 130 Å². The largest absolute Gasteiger partial charge is 0.385 e. The lowest BCUT2D eigenvalue weighted by molar-refractivity contribution is -0.134. The standard InChI is InChI=1S/C39H44ClFN10O3/c1-42-31-21-35(46-51-34(22-43-37(31)51)39(54)44-30-20-29(30)41)50-14-11-26-32(3-2-4-33(26)50)49-17-15-48(16-18-49)23-9-12-47(13-10-23)24-5-7-28(40)27(19-24)25-6-8-36(52)45-38(25)53/h2-5,7,19,21-23,25,29-30,42H,6,8-18,20H2,1H3,(H,44,54)(H,45,52,53)/t25?,29-,30+/m0/s1. The second-order valence-electron chi connectivity index (χ2n) is 15.0. The number of carbonyl (C=O) groups is 3. The van der Waals surface area contributed by atoms with Gasteiger partial charge in [0, 0.05) is 105 Å². The number of nitrogens with one attached hydrogen (secondary N) is 3. The van der Waals surface area contributed by atoms with Crippen LogP contribution in [0, 0.1) is 0 Å². The lowest BCUT2D eigenvalue weighted by atomic mass is 9.90. The van der Waals surface area contributed by atoms with Gasteiger partial charge in [-0.1, -0.05) is 17.7 Å². The van der Waals surface area contributed by atoms with Crippen molar-refractivity contribution >= 4 is 63.5 Å². The maximum atomic E-state index is 13.5. The summed E-state index contributed by atoms with van der Waals surface area (Å²) in [5.74, 6) is -0.556. The Morgan fingerprint density at radius 2 is 1.72 bits per heavy atom. The summed E-state index contributed by atoms with van der Waals surface area (Å²) in [6.07, 6.45) is 4.66. The average Bonchev–Trinajstić information content (AvgIpc) is 3.52. The first-order valence-electron chi connectivity index (χ1n) is 19.0. The van der Waals surface area contributed by atoms with Crippen molar-refractivity contribution < 1.29 is 18.8 Å². The van der Waals surface area contributed by atoms with Crippen LogP contribution in [-0.4, -0.2) is 108 Å². The van der Waals surface area contributed by atoms with Gasteiger partial charge in [0.05, 0.1) is 23.8 Å². The number of imide groups is 1. The van der Waals surface area contributed by atoms with Crippen molar-refractivity contribution in [1.82, 2.24) is 30.1 Å². The Morgan fingerprint density at radius 3 is 2.46 bits per heavy atom. The number of carbonyl (C=O) groups excluding carboxylic acids is 3. The highest BCUT2D eigenvalue weighted by Gasteiger charge is 2.39. The first-order valence-corrected chi connectivity index (χ1v) is 19.4. The maximum Gasteiger partial charge on any atom is 0.271 e. The molecule has 5 aliphatic rings. The number of benzene rings is 2. The highest BCUT2D eigenvalue weighted by atomic mass is 35.5. The molecule has 1 saturated carbocycles. The molecule has 0 spiro atoms. The molecule has 4 aliphatic heterocycles. The minimum absolute atomic E-state index is 0.223. The first kappa shape index (κ1) is 34.8. The van der Waals surface area contributed by atoms with Crippen LogP contribution in [0.1, 0.15) is 59.6 Å². The number of piperidine rings is 2. The molecule has 6 heterocycles. The Bertz CT molecular complexity index is 2130. The highest BCUT2D eigenvalue weighted by molar-refractivity contribution is 6.31. The number of piperazine rings is 1. The molecule has 0 bridgehead atoms. The Kier molecular flexibility index (Phi) is 9.04. The SMILES string of the molecule is CNc1cc(N2CCc3c(N4CCN(C5CCN(c6ccc(Cl)c(C7CCC(=O)NC7=O)c6)CC5)CC4)cccc32)nn2c(C(=O)N[C@@H]3C[C@@H]3F)cnc12. The molecule has 1 aliphatic carbocycles.